The summed E-state index contributed by atoms with van der Waals surface area (Å²) in [4.78, 5) is 73.3. The second-order valence-corrected chi connectivity index (χ2v) is 35.5. The summed E-state index contributed by atoms with van der Waals surface area (Å²) in [6.07, 6.45) is 10.5. The summed E-state index contributed by atoms with van der Waals surface area (Å²) >= 11 is 0. The highest BCUT2D eigenvalue weighted by Crippen LogP contribution is 2.48. The predicted molar refractivity (Wildman–Crippen MR) is 577 cm³/mol. The molecule has 18 aromatic carbocycles. The van der Waals surface area contributed by atoms with Crippen molar-refractivity contribution in [2.75, 3.05) is 0 Å². The van der Waals surface area contributed by atoms with Gasteiger partial charge in [-0.05, 0) is 91.0 Å². The highest BCUT2D eigenvalue weighted by atomic mass is 15.2. The monoisotopic (exact) mass is 1850 g/mol. The van der Waals surface area contributed by atoms with Gasteiger partial charge in [0.05, 0.1) is 88.3 Å². The molecule has 0 radical (unpaired) electrons. The summed E-state index contributed by atoms with van der Waals surface area (Å²) in [5.41, 5.74) is 24.7. The predicted octanol–water partition coefficient (Wildman–Crippen LogP) is 28.0. The fourth-order valence-corrected chi connectivity index (χ4v) is 20.9. The van der Waals surface area contributed by atoms with Crippen LogP contribution in [0, 0.1) is 0 Å². The quantitative estimate of drug-likeness (QED) is 0.111. The fourth-order valence-electron chi connectivity index (χ4n) is 20.9. The third-order valence-corrected chi connectivity index (χ3v) is 27.2. The van der Waals surface area contributed by atoms with E-state index in [1.165, 1.54) is 0 Å². The molecule has 0 atom stereocenters. The zero-order chi connectivity index (χ0) is 94.8. The van der Waals surface area contributed by atoms with Gasteiger partial charge >= 0.3 is 0 Å². The Morgan fingerprint density at radius 2 is 0.396 bits per heavy atom. The van der Waals surface area contributed by atoms with Crippen LogP contribution in [0.4, 0.5) is 0 Å². The number of hydrogen-bond acceptors (Lipinski definition) is 15. The van der Waals surface area contributed by atoms with E-state index in [1.54, 1.807) is 25.0 Å². The van der Waals surface area contributed by atoms with Gasteiger partial charge in [0.2, 0.25) is 17.8 Å². The standard InChI is InChI=1S/3C41H25N7/c1-4-12-26(13-5-1)39-44-40(27-14-6-2-7-15-27)46-41(45-39)48-35-19-11-10-18-30(35)31-20-21-32-33-23-34-28(24-42-25-43-34)22-36(33)47(37(32)38(31)48)29-16-8-3-9-17-29;1-4-12-26(13-5-1)39-44-40(27-14-6-2-7-15-27)46-41(45-39)48-35-19-11-10-18-30(35)31-20-21-32-33-22-28-24-42-25-43-34(28)23-36(33)47(37(32)38(31)48)29-16-8-3-9-17-29;1-4-12-26(13-5-1)39-44-40(27-14-6-2-7-15-27)46-41(45-39)48-35-19-11-10-18-29(35)30-20-21-31-32-24-33-34(43-23-22-42-33)25-36(32)47(37(31)38(30)48)28-16-8-3-9-17-28/h3*1-25H. The van der Waals surface area contributed by atoms with Crippen LogP contribution in [0.15, 0.2) is 456 Å². The van der Waals surface area contributed by atoms with Gasteiger partial charge in [-0.25, -0.2) is 34.9 Å². The van der Waals surface area contributed by atoms with E-state index in [0.29, 0.717) is 52.8 Å². The van der Waals surface area contributed by atoms with E-state index in [9.17, 15) is 0 Å². The first-order valence-electron chi connectivity index (χ1n) is 47.5. The molecule has 21 heteroatoms. The number of hydrogen-bond donors (Lipinski definition) is 0. The topological polar surface area (TPSA) is 223 Å². The maximum Gasteiger partial charge on any atom is 0.238 e. The van der Waals surface area contributed by atoms with Crippen molar-refractivity contribution in [3.8, 4) is 103 Å². The van der Waals surface area contributed by atoms with Crippen molar-refractivity contribution in [2.24, 2.45) is 0 Å². The van der Waals surface area contributed by atoms with Crippen LogP contribution < -0.4 is 0 Å². The number of nitrogens with zero attached hydrogens (tertiary/aromatic N) is 21. The van der Waals surface area contributed by atoms with Crippen molar-refractivity contribution in [1.29, 1.82) is 0 Å². The largest absolute Gasteiger partial charge is 0.307 e. The molecule has 144 heavy (non-hydrogen) atoms. The molecule has 0 aliphatic heterocycles. The van der Waals surface area contributed by atoms with Crippen molar-refractivity contribution >= 4 is 164 Å². The molecule has 0 aliphatic rings. The minimum absolute atomic E-state index is 0.555. The van der Waals surface area contributed by atoms with Gasteiger partial charge in [0.1, 0.15) is 12.7 Å². The summed E-state index contributed by atoms with van der Waals surface area (Å²) < 4.78 is 13.7. The third kappa shape index (κ3) is 13.7. The van der Waals surface area contributed by atoms with Crippen molar-refractivity contribution in [1.82, 2.24) is 102 Å². The van der Waals surface area contributed by atoms with E-state index >= 15 is 0 Å². The molecule has 30 aromatic rings. The lowest BCUT2D eigenvalue weighted by Crippen LogP contribution is -2.07. The Labute approximate surface area is 819 Å². The van der Waals surface area contributed by atoms with Crippen molar-refractivity contribution < 1.29 is 0 Å². The van der Waals surface area contributed by atoms with Gasteiger partial charge in [0.25, 0.3) is 0 Å². The average Bonchev–Trinajstić information content (AvgIpc) is 1.55. The molecule has 30 rings (SSSR count). The van der Waals surface area contributed by atoms with Gasteiger partial charge in [-0.3, -0.25) is 23.7 Å². The molecule has 12 heterocycles. The maximum absolute atomic E-state index is 5.19. The second kappa shape index (κ2) is 33.9. The first-order valence-corrected chi connectivity index (χ1v) is 47.5. The number of para-hydroxylation sites is 6. The Morgan fingerprint density at radius 3 is 0.715 bits per heavy atom. The number of benzene rings is 18. The molecule has 0 aliphatic carbocycles. The van der Waals surface area contributed by atoms with Gasteiger partial charge < -0.3 is 13.7 Å². The van der Waals surface area contributed by atoms with E-state index in [2.05, 4.69) is 276 Å². The lowest BCUT2D eigenvalue weighted by molar-refractivity contribution is 0.953. The molecule has 672 valence electrons. The Kier molecular flexibility index (Phi) is 19.3. The molecule has 12 aromatic heterocycles. The van der Waals surface area contributed by atoms with Gasteiger partial charge in [-0.1, -0.05) is 328 Å². The number of aromatic nitrogens is 21. The van der Waals surface area contributed by atoms with E-state index in [-0.39, 0.29) is 0 Å². The molecule has 0 bridgehead atoms. The third-order valence-electron chi connectivity index (χ3n) is 27.2. The van der Waals surface area contributed by atoms with E-state index < -0.39 is 0 Å². The molecule has 0 fully saturated rings. The molecule has 0 unspecified atom stereocenters. The first kappa shape index (κ1) is 82.1. The minimum atomic E-state index is 0.555. The molecule has 0 saturated carbocycles. The summed E-state index contributed by atoms with van der Waals surface area (Å²) in [5, 5.41) is 15.4. The lowest BCUT2D eigenvalue weighted by atomic mass is 10.1. The Balaban J connectivity index is 0.000000105. The molecule has 0 spiro atoms. The van der Waals surface area contributed by atoms with Crippen LogP contribution in [0.1, 0.15) is 0 Å². The summed E-state index contributed by atoms with van der Waals surface area (Å²) in [7, 11) is 0. The Hall–Kier alpha value is -20.2. The summed E-state index contributed by atoms with van der Waals surface area (Å²) in [6.45, 7) is 0. The SMILES string of the molecule is c1ccc(-c2nc(-c3ccccc3)nc(-n3c4ccccc4c4ccc5c6cc7cncnc7cc6n(-c6ccccc6)c5c43)n2)cc1.c1ccc(-c2nc(-c3ccccc3)nc(-n3c4ccccc4c4ccc5c6cc7nccnc7cc6n(-c6ccccc6)c5c43)n2)cc1.c1ccc(-c2nc(-c3ccccc3)nc(-n3c4ccccc4c4ccc5c6cc7ncncc7cc6n(-c6ccccc6)c5c43)n2)cc1. The lowest BCUT2D eigenvalue weighted by Gasteiger charge is -2.13. The van der Waals surface area contributed by atoms with Crippen molar-refractivity contribution in [3.63, 3.8) is 0 Å². The van der Waals surface area contributed by atoms with Crippen LogP contribution >= 0.6 is 0 Å². The van der Waals surface area contributed by atoms with Crippen LogP contribution in [0.25, 0.3) is 267 Å². The maximum atomic E-state index is 5.19. The van der Waals surface area contributed by atoms with Gasteiger partial charge in [0.15, 0.2) is 34.9 Å². The highest BCUT2D eigenvalue weighted by Gasteiger charge is 2.30. The van der Waals surface area contributed by atoms with E-state index in [0.717, 1.165) is 214 Å². The van der Waals surface area contributed by atoms with Crippen LogP contribution in [-0.4, -0.2) is 102 Å². The van der Waals surface area contributed by atoms with Gasteiger partial charge in [-0.15, -0.1) is 0 Å². The summed E-state index contributed by atoms with van der Waals surface area (Å²) in [5.74, 6) is 5.37. The van der Waals surface area contributed by atoms with Crippen LogP contribution in [-0.2, 0) is 0 Å². The van der Waals surface area contributed by atoms with Crippen LogP contribution in [0.3, 0.4) is 0 Å². The minimum Gasteiger partial charge on any atom is -0.307 e. The average molecular weight is 1850 g/mol. The zero-order valence-corrected chi connectivity index (χ0v) is 76.7. The van der Waals surface area contributed by atoms with Crippen molar-refractivity contribution in [2.45, 2.75) is 0 Å². The van der Waals surface area contributed by atoms with E-state index in [1.807, 2.05) is 213 Å². The Bertz CT molecular complexity index is 9230. The highest BCUT2D eigenvalue weighted by molar-refractivity contribution is 6.28. The molecule has 0 N–H and O–H groups in total. The van der Waals surface area contributed by atoms with Crippen LogP contribution in [0.5, 0.6) is 0 Å². The number of fused-ring (bicyclic) bond motifs is 24. The number of rotatable bonds is 12. The first-order chi connectivity index (χ1) is 71.4. The van der Waals surface area contributed by atoms with E-state index in [4.69, 9.17) is 44.9 Å². The van der Waals surface area contributed by atoms with Crippen LogP contribution in [0.2, 0.25) is 0 Å². The molecular formula is C123H75N21. The second-order valence-electron chi connectivity index (χ2n) is 35.5. The Morgan fingerprint density at radius 1 is 0.160 bits per heavy atom. The molecule has 0 amide bonds. The van der Waals surface area contributed by atoms with Gasteiger partial charge in [0, 0.05) is 151 Å². The molecular weight excluding hydrogens is 1770 g/mol. The molecule has 21 nitrogen and oxygen atoms in total. The fraction of sp³-hybridized carbons (Fsp3) is 0. The summed E-state index contributed by atoms with van der Waals surface area (Å²) in [6, 6.07) is 144. The smallest absolute Gasteiger partial charge is 0.238 e. The molecule has 0 saturated heterocycles. The normalized spacial score (nSPS) is 11.8. The zero-order valence-electron chi connectivity index (χ0n) is 76.7. The van der Waals surface area contributed by atoms with Gasteiger partial charge in [-0.2, -0.15) is 29.9 Å². The van der Waals surface area contributed by atoms with Crippen molar-refractivity contribution in [3.05, 3.63) is 456 Å².